The van der Waals surface area contributed by atoms with Crippen molar-refractivity contribution in [3.63, 3.8) is 0 Å². The summed E-state index contributed by atoms with van der Waals surface area (Å²) in [6.07, 6.45) is 2.96. The van der Waals surface area contributed by atoms with Gasteiger partial charge in [0, 0.05) is 46.7 Å². The van der Waals surface area contributed by atoms with Crippen molar-refractivity contribution in [2.75, 3.05) is 11.9 Å². The van der Waals surface area contributed by atoms with E-state index in [0.717, 1.165) is 34.9 Å². The molecule has 0 radical (unpaired) electrons. The van der Waals surface area contributed by atoms with Gasteiger partial charge in [-0.25, -0.2) is 4.98 Å². The number of benzene rings is 2. The number of nitro groups is 1. The number of hydrogen-bond acceptors (Lipinski definition) is 5. The SMILES string of the molecule is Cc1ccc2[nH]cc(CCNc3nc(-c4ccc([N+](=O)[O-])cc4)cs3)c2c1. The van der Waals surface area contributed by atoms with E-state index >= 15 is 0 Å². The second-order valence-electron chi connectivity index (χ2n) is 6.38. The van der Waals surface area contributed by atoms with Crippen LogP contribution >= 0.6 is 11.3 Å². The van der Waals surface area contributed by atoms with E-state index in [2.05, 4.69) is 46.6 Å². The largest absolute Gasteiger partial charge is 0.361 e. The molecule has 2 N–H and O–H groups in total. The first-order valence-electron chi connectivity index (χ1n) is 8.61. The van der Waals surface area contributed by atoms with Crippen LogP contribution in [-0.2, 0) is 6.42 Å². The monoisotopic (exact) mass is 378 g/mol. The molecule has 0 saturated carbocycles. The molecule has 27 heavy (non-hydrogen) atoms. The summed E-state index contributed by atoms with van der Waals surface area (Å²) in [5.41, 5.74) is 5.47. The zero-order valence-corrected chi connectivity index (χ0v) is 15.5. The van der Waals surface area contributed by atoms with Gasteiger partial charge in [-0.1, -0.05) is 11.6 Å². The molecule has 0 aliphatic rings. The molecule has 2 heterocycles. The second-order valence-corrected chi connectivity index (χ2v) is 7.24. The zero-order chi connectivity index (χ0) is 18.8. The van der Waals surface area contributed by atoms with Crippen molar-refractivity contribution in [3.05, 3.63) is 75.3 Å². The maximum absolute atomic E-state index is 10.7. The first kappa shape index (κ1) is 17.2. The summed E-state index contributed by atoms with van der Waals surface area (Å²) in [6.45, 7) is 2.89. The van der Waals surface area contributed by atoms with Gasteiger partial charge in [0.05, 0.1) is 10.6 Å². The van der Waals surface area contributed by atoms with Crippen LogP contribution in [0.3, 0.4) is 0 Å². The Balaban J connectivity index is 1.40. The minimum atomic E-state index is -0.399. The molecule has 0 bridgehead atoms. The third-order valence-electron chi connectivity index (χ3n) is 4.47. The number of rotatable bonds is 6. The molecule has 0 spiro atoms. The average molecular weight is 378 g/mol. The summed E-state index contributed by atoms with van der Waals surface area (Å²) in [7, 11) is 0. The summed E-state index contributed by atoms with van der Waals surface area (Å²) in [5, 5.41) is 18.2. The Morgan fingerprint density at radius 2 is 2.04 bits per heavy atom. The second kappa shape index (κ2) is 7.20. The number of hydrogen-bond donors (Lipinski definition) is 2. The van der Waals surface area contributed by atoms with E-state index in [9.17, 15) is 10.1 Å². The van der Waals surface area contributed by atoms with Gasteiger partial charge in [0.1, 0.15) is 0 Å². The molecule has 6 nitrogen and oxygen atoms in total. The first-order valence-corrected chi connectivity index (χ1v) is 9.49. The van der Waals surface area contributed by atoms with Crippen LogP contribution in [0.15, 0.2) is 54.0 Å². The highest BCUT2D eigenvalue weighted by Crippen LogP contribution is 2.27. The van der Waals surface area contributed by atoms with E-state index in [1.54, 1.807) is 12.1 Å². The Hall–Kier alpha value is -3.19. The Kier molecular flexibility index (Phi) is 4.60. The number of thiazole rings is 1. The number of nitrogens with one attached hydrogen (secondary N) is 2. The molecule has 7 heteroatoms. The molecule has 0 fully saturated rings. The third-order valence-corrected chi connectivity index (χ3v) is 5.27. The van der Waals surface area contributed by atoms with Gasteiger partial charge in [0.2, 0.25) is 0 Å². The van der Waals surface area contributed by atoms with Crippen LogP contribution in [0.2, 0.25) is 0 Å². The highest BCUT2D eigenvalue weighted by atomic mass is 32.1. The van der Waals surface area contributed by atoms with Gasteiger partial charge in [-0.3, -0.25) is 10.1 Å². The fraction of sp³-hybridized carbons (Fsp3) is 0.150. The van der Waals surface area contributed by atoms with Crippen molar-refractivity contribution < 1.29 is 4.92 Å². The lowest BCUT2D eigenvalue weighted by Crippen LogP contribution is -2.04. The number of aryl methyl sites for hydroxylation is 1. The van der Waals surface area contributed by atoms with Crippen LogP contribution in [0.1, 0.15) is 11.1 Å². The summed E-state index contributed by atoms with van der Waals surface area (Å²) >= 11 is 1.53. The molecule has 0 saturated heterocycles. The Labute approximate surface area is 160 Å². The number of non-ortho nitro benzene ring substituents is 1. The van der Waals surface area contributed by atoms with Crippen LogP contribution in [0.5, 0.6) is 0 Å². The third kappa shape index (κ3) is 3.68. The zero-order valence-electron chi connectivity index (χ0n) is 14.7. The van der Waals surface area contributed by atoms with Crippen molar-refractivity contribution in [1.29, 1.82) is 0 Å². The van der Waals surface area contributed by atoms with E-state index in [1.165, 1.54) is 40.0 Å². The fourth-order valence-corrected chi connectivity index (χ4v) is 3.79. The summed E-state index contributed by atoms with van der Waals surface area (Å²) in [5.74, 6) is 0. The van der Waals surface area contributed by atoms with Crippen LogP contribution in [-0.4, -0.2) is 21.4 Å². The molecule has 2 aromatic carbocycles. The van der Waals surface area contributed by atoms with E-state index in [1.807, 2.05) is 5.38 Å². The van der Waals surface area contributed by atoms with Gasteiger partial charge in [0.15, 0.2) is 5.13 Å². The van der Waals surface area contributed by atoms with Gasteiger partial charge < -0.3 is 10.3 Å². The highest BCUT2D eigenvalue weighted by molar-refractivity contribution is 7.14. The highest BCUT2D eigenvalue weighted by Gasteiger charge is 2.09. The number of fused-ring (bicyclic) bond motifs is 1. The molecule has 0 amide bonds. The molecule has 0 unspecified atom stereocenters. The van der Waals surface area contributed by atoms with Gasteiger partial charge >= 0.3 is 0 Å². The van der Waals surface area contributed by atoms with Crippen LogP contribution < -0.4 is 5.32 Å². The van der Waals surface area contributed by atoms with E-state index in [0.29, 0.717) is 0 Å². The minimum Gasteiger partial charge on any atom is -0.361 e. The standard InChI is InChI=1S/C20H18N4O2S/c1-13-2-7-18-17(10-13)15(11-22-18)8-9-21-20-23-19(12-27-20)14-3-5-16(6-4-14)24(25)26/h2-7,10-12,22H,8-9H2,1H3,(H,21,23). The predicted molar refractivity (Wildman–Crippen MR) is 109 cm³/mol. The number of aromatic nitrogens is 2. The van der Waals surface area contributed by atoms with Crippen LogP contribution in [0.4, 0.5) is 10.8 Å². The summed E-state index contributed by atoms with van der Waals surface area (Å²) in [4.78, 5) is 18.2. The lowest BCUT2D eigenvalue weighted by Gasteiger charge is -2.03. The number of nitro benzene ring substituents is 1. The number of H-pyrrole nitrogens is 1. The van der Waals surface area contributed by atoms with Crippen LogP contribution in [0.25, 0.3) is 22.2 Å². The smallest absolute Gasteiger partial charge is 0.269 e. The van der Waals surface area contributed by atoms with Crippen molar-refractivity contribution in [2.24, 2.45) is 0 Å². The van der Waals surface area contributed by atoms with Crippen molar-refractivity contribution in [3.8, 4) is 11.3 Å². The maximum atomic E-state index is 10.7. The Bertz CT molecular complexity index is 1100. The predicted octanol–water partition coefficient (Wildman–Crippen LogP) is 5.16. The van der Waals surface area contributed by atoms with E-state index in [-0.39, 0.29) is 5.69 Å². The van der Waals surface area contributed by atoms with Gasteiger partial charge in [0.25, 0.3) is 5.69 Å². The van der Waals surface area contributed by atoms with Crippen molar-refractivity contribution in [1.82, 2.24) is 9.97 Å². The topological polar surface area (TPSA) is 83.8 Å². The van der Waals surface area contributed by atoms with Gasteiger partial charge in [-0.2, -0.15) is 0 Å². The van der Waals surface area contributed by atoms with E-state index in [4.69, 9.17) is 0 Å². The minimum absolute atomic E-state index is 0.0845. The summed E-state index contributed by atoms with van der Waals surface area (Å²) < 4.78 is 0. The summed E-state index contributed by atoms with van der Waals surface area (Å²) in [6, 6.07) is 12.9. The number of aromatic amines is 1. The lowest BCUT2D eigenvalue weighted by atomic mass is 10.1. The number of nitrogens with zero attached hydrogens (tertiary/aromatic N) is 2. The molecule has 4 aromatic rings. The quantitative estimate of drug-likeness (QED) is 0.358. The molecule has 0 aliphatic heterocycles. The molecule has 4 rings (SSSR count). The molecular weight excluding hydrogens is 360 g/mol. The maximum Gasteiger partial charge on any atom is 0.269 e. The average Bonchev–Trinajstić information content (AvgIpc) is 3.29. The Morgan fingerprint density at radius 1 is 1.22 bits per heavy atom. The molecule has 0 atom stereocenters. The Morgan fingerprint density at radius 3 is 2.81 bits per heavy atom. The van der Waals surface area contributed by atoms with Gasteiger partial charge in [-0.05, 0) is 43.2 Å². The molecule has 136 valence electrons. The van der Waals surface area contributed by atoms with Gasteiger partial charge in [-0.15, -0.1) is 11.3 Å². The molecule has 2 aromatic heterocycles. The fourth-order valence-electron chi connectivity index (χ4n) is 3.04. The van der Waals surface area contributed by atoms with Crippen molar-refractivity contribution >= 4 is 33.1 Å². The number of anilines is 1. The first-order chi connectivity index (χ1) is 13.1. The van der Waals surface area contributed by atoms with E-state index < -0.39 is 4.92 Å². The van der Waals surface area contributed by atoms with Crippen molar-refractivity contribution in [2.45, 2.75) is 13.3 Å². The normalized spacial score (nSPS) is 11.0. The van der Waals surface area contributed by atoms with Crippen LogP contribution in [0, 0.1) is 17.0 Å². The molecule has 0 aliphatic carbocycles. The lowest BCUT2D eigenvalue weighted by molar-refractivity contribution is -0.384. The molecular formula is C20H18N4O2S.